The number of ether oxygens (including phenoxy) is 1. The molecular weight excluding hydrogens is 209 g/mol. The van der Waals surface area contributed by atoms with Crippen molar-refractivity contribution in [3.8, 4) is 0 Å². The van der Waals surface area contributed by atoms with Crippen molar-refractivity contribution in [3.05, 3.63) is 35.6 Å². The van der Waals surface area contributed by atoms with Gasteiger partial charge in [0.2, 0.25) is 0 Å². The first-order valence-corrected chi connectivity index (χ1v) is 5.30. The molecule has 0 aromatic heterocycles. The Labute approximate surface area is 95.2 Å². The van der Waals surface area contributed by atoms with E-state index < -0.39 is 6.10 Å². The molecule has 0 fully saturated rings. The summed E-state index contributed by atoms with van der Waals surface area (Å²) in [5, 5.41) is 12.5. The molecule has 2 unspecified atom stereocenters. The van der Waals surface area contributed by atoms with E-state index in [4.69, 9.17) is 4.74 Å². The molecule has 0 saturated heterocycles. The van der Waals surface area contributed by atoms with Gasteiger partial charge in [0.1, 0.15) is 5.82 Å². The third-order valence-corrected chi connectivity index (χ3v) is 2.39. The SMILES string of the molecule is COCC(O)CNC(C)c1ccccc1F. The maximum atomic E-state index is 13.4. The van der Waals surface area contributed by atoms with Crippen LogP contribution >= 0.6 is 0 Å². The molecule has 2 atom stereocenters. The first kappa shape index (κ1) is 13.1. The zero-order valence-corrected chi connectivity index (χ0v) is 9.61. The fourth-order valence-electron chi connectivity index (χ4n) is 1.50. The number of aliphatic hydroxyl groups excluding tert-OH is 1. The summed E-state index contributed by atoms with van der Waals surface area (Å²) >= 11 is 0. The second kappa shape index (κ2) is 6.58. The van der Waals surface area contributed by atoms with E-state index in [0.717, 1.165) is 0 Å². The van der Waals surface area contributed by atoms with Crippen molar-refractivity contribution in [2.45, 2.75) is 19.1 Å². The minimum Gasteiger partial charge on any atom is -0.389 e. The van der Waals surface area contributed by atoms with Crippen LogP contribution in [0.3, 0.4) is 0 Å². The summed E-state index contributed by atoms with van der Waals surface area (Å²) in [5.74, 6) is -0.233. The summed E-state index contributed by atoms with van der Waals surface area (Å²) in [4.78, 5) is 0. The summed E-state index contributed by atoms with van der Waals surface area (Å²) in [6.45, 7) is 2.51. The lowest BCUT2D eigenvalue weighted by atomic mass is 10.1. The lowest BCUT2D eigenvalue weighted by Crippen LogP contribution is -2.32. The van der Waals surface area contributed by atoms with E-state index in [9.17, 15) is 9.50 Å². The Bertz CT molecular complexity index is 320. The number of benzene rings is 1. The minimum atomic E-state index is -0.570. The monoisotopic (exact) mass is 227 g/mol. The Morgan fingerprint density at radius 2 is 2.12 bits per heavy atom. The highest BCUT2D eigenvalue weighted by molar-refractivity contribution is 5.20. The fourth-order valence-corrected chi connectivity index (χ4v) is 1.50. The highest BCUT2D eigenvalue weighted by Crippen LogP contribution is 2.15. The van der Waals surface area contributed by atoms with E-state index in [1.165, 1.54) is 13.2 Å². The number of methoxy groups -OCH3 is 1. The molecule has 16 heavy (non-hydrogen) atoms. The van der Waals surface area contributed by atoms with Crippen LogP contribution in [0.25, 0.3) is 0 Å². The predicted molar refractivity (Wildman–Crippen MR) is 60.7 cm³/mol. The van der Waals surface area contributed by atoms with Crippen LogP contribution in [0.4, 0.5) is 4.39 Å². The lowest BCUT2D eigenvalue weighted by molar-refractivity contribution is 0.0630. The second-order valence-electron chi connectivity index (χ2n) is 3.76. The van der Waals surface area contributed by atoms with Crippen LogP contribution in [0, 0.1) is 5.82 Å². The van der Waals surface area contributed by atoms with Crippen LogP contribution in [-0.2, 0) is 4.74 Å². The van der Waals surface area contributed by atoms with Crippen molar-refractivity contribution >= 4 is 0 Å². The van der Waals surface area contributed by atoms with E-state index in [1.54, 1.807) is 18.2 Å². The molecule has 0 radical (unpaired) electrons. The van der Waals surface area contributed by atoms with Gasteiger partial charge in [-0.1, -0.05) is 18.2 Å². The van der Waals surface area contributed by atoms with Gasteiger partial charge in [0.05, 0.1) is 12.7 Å². The zero-order chi connectivity index (χ0) is 12.0. The molecule has 0 aliphatic heterocycles. The Balaban J connectivity index is 2.46. The number of rotatable bonds is 6. The third kappa shape index (κ3) is 3.89. The van der Waals surface area contributed by atoms with Gasteiger partial charge in [-0.25, -0.2) is 4.39 Å². The summed E-state index contributed by atoms with van der Waals surface area (Å²) in [5.41, 5.74) is 0.604. The second-order valence-corrected chi connectivity index (χ2v) is 3.76. The van der Waals surface area contributed by atoms with Crippen molar-refractivity contribution in [3.63, 3.8) is 0 Å². The van der Waals surface area contributed by atoms with E-state index >= 15 is 0 Å². The van der Waals surface area contributed by atoms with Crippen LogP contribution in [0.2, 0.25) is 0 Å². The summed E-state index contributed by atoms with van der Waals surface area (Å²) in [7, 11) is 1.53. The molecule has 0 aliphatic rings. The van der Waals surface area contributed by atoms with E-state index in [0.29, 0.717) is 12.1 Å². The molecule has 0 spiro atoms. The molecule has 0 amide bonds. The van der Waals surface area contributed by atoms with Crippen LogP contribution in [0.15, 0.2) is 24.3 Å². The van der Waals surface area contributed by atoms with Crippen molar-refractivity contribution < 1.29 is 14.2 Å². The Kier molecular flexibility index (Phi) is 5.38. The highest BCUT2D eigenvalue weighted by Gasteiger charge is 2.11. The predicted octanol–water partition coefficient (Wildman–Crippen LogP) is 1.48. The zero-order valence-electron chi connectivity index (χ0n) is 9.61. The van der Waals surface area contributed by atoms with Crippen LogP contribution in [0.5, 0.6) is 0 Å². The smallest absolute Gasteiger partial charge is 0.127 e. The van der Waals surface area contributed by atoms with Gasteiger partial charge < -0.3 is 15.2 Å². The quantitative estimate of drug-likeness (QED) is 0.773. The average molecular weight is 227 g/mol. The lowest BCUT2D eigenvalue weighted by Gasteiger charge is -2.17. The molecule has 0 heterocycles. The van der Waals surface area contributed by atoms with Crippen molar-refractivity contribution in [2.75, 3.05) is 20.3 Å². The van der Waals surface area contributed by atoms with Crippen molar-refractivity contribution in [1.82, 2.24) is 5.32 Å². The van der Waals surface area contributed by atoms with Crippen LogP contribution in [0.1, 0.15) is 18.5 Å². The molecule has 1 aromatic carbocycles. The molecule has 0 bridgehead atoms. The number of hydrogen-bond donors (Lipinski definition) is 2. The Morgan fingerprint density at radius 3 is 2.75 bits per heavy atom. The molecular formula is C12H18FNO2. The summed E-state index contributed by atoms with van der Waals surface area (Å²) in [6, 6.07) is 6.48. The molecule has 1 rings (SSSR count). The molecule has 0 saturated carbocycles. The normalized spacial score (nSPS) is 14.8. The molecule has 4 heteroatoms. The van der Waals surface area contributed by atoms with Gasteiger partial charge in [-0.2, -0.15) is 0 Å². The van der Waals surface area contributed by atoms with Gasteiger partial charge in [-0.05, 0) is 13.0 Å². The molecule has 0 aliphatic carbocycles. The van der Waals surface area contributed by atoms with Gasteiger partial charge in [0.15, 0.2) is 0 Å². The Morgan fingerprint density at radius 1 is 1.44 bits per heavy atom. The highest BCUT2D eigenvalue weighted by atomic mass is 19.1. The van der Waals surface area contributed by atoms with Crippen LogP contribution in [-0.4, -0.2) is 31.5 Å². The maximum absolute atomic E-state index is 13.4. The molecule has 1 aromatic rings. The molecule has 90 valence electrons. The van der Waals surface area contributed by atoms with E-state index in [-0.39, 0.29) is 18.5 Å². The standard InChI is InChI=1S/C12H18FNO2/c1-9(14-7-10(15)8-16-2)11-5-3-4-6-12(11)13/h3-6,9-10,14-15H,7-8H2,1-2H3. The van der Waals surface area contributed by atoms with E-state index in [1.807, 2.05) is 6.92 Å². The van der Waals surface area contributed by atoms with Gasteiger partial charge >= 0.3 is 0 Å². The maximum Gasteiger partial charge on any atom is 0.127 e. The topological polar surface area (TPSA) is 41.5 Å². The van der Waals surface area contributed by atoms with Gasteiger partial charge in [-0.15, -0.1) is 0 Å². The Hall–Kier alpha value is -0.970. The minimum absolute atomic E-state index is 0.132. The van der Waals surface area contributed by atoms with E-state index in [2.05, 4.69) is 5.32 Å². The van der Waals surface area contributed by atoms with Crippen molar-refractivity contribution in [1.29, 1.82) is 0 Å². The summed E-state index contributed by atoms with van der Waals surface area (Å²) < 4.78 is 18.2. The third-order valence-electron chi connectivity index (χ3n) is 2.39. The number of aliphatic hydroxyl groups is 1. The molecule has 3 nitrogen and oxygen atoms in total. The number of hydrogen-bond acceptors (Lipinski definition) is 3. The number of halogens is 1. The van der Waals surface area contributed by atoms with Crippen LogP contribution < -0.4 is 5.32 Å². The van der Waals surface area contributed by atoms with Crippen molar-refractivity contribution in [2.24, 2.45) is 0 Å². The fraction of sp³-hybridized carbons (Fsp3) is 0.500. The largest absolute Gasteiger partial charge is 0.389 e. The first-order valence-electron chi connectivity index (χ1n) is 5.30. The van der Waals surface area contributed by atoms with Gasteiger partial charge in [-0.3, -0.25) is 0 Å². The van der Waals surface area contributed by atoms with Gasteiger partial charge in [0.25, 0.3) is 0 Å². The molecule has 2 N–H and O–H groups in total. The number of nitrogens with one attached hydrogen (secondary N) is 1. The first-order chi connectivity index (χ1) is 7.65. The summed E-state index contributed by atoms with van der Waals surface area (Å²) in [6.07, 6.45) is -0.570. The van der Waals surface area contributed by atoms with Gasteiger partial charge in [0, 0.05) is 25.3 Å². The average Bonchev–Trinajstić information content (AvgIpc) is 2.27.